The fourth-order valence-electron chi connectivity index (χ4n) is 3.00. The van der Waals surface area contributed by atoms with Crippen LogP contribution in [0.25, 0.3) is 6.08 Å². The predicted molar refractivity (Wildman–Crippen MR) is 95.4 cm³/mol. The third-order valence-corrected chi connectivity index (χ3v) is 4.37. The first-order chi connectivity index (χ1) is 12.3. The molecule has 25 heavy (non-hydrogen) atoms. The zero-order valence-electron chi connectivity index (χ0n) is 13.8. The Hall–Kier alpha value is -2.79. The minimum atomic E-state index is -0.0370. The minimum absolute atomic E-state index is 0.0370. The lowest BCUT2D eigenvalue weighted by molar-refractivity contribution is 0.104. The molecule has 1 saturated heterocycles. The van der Waals surface area contributed by atoms with Crippen LogP contribution in [0.3, 0.4) is 0 Å². The van der Waals surface area contributed by atoms with E-state index >= 15 is 0 Å². The number of para-hydroxylation sites is 1. The number of nitrogens with zero attached hydrogens (tertiary/aromatic N) is 1. The summed E-state index contributed by atoms with van der Waals surface area (Å²) in [6, 6.07) is 13.4. The van der Waals surface area contributed by atoms with Crippen LogP contribution in [-0.4, -0.2) is 38.9 Å². The zero-order chi connectivity index (χ0) is 17.1. The predicted octanol–water partition coefficient (Wildman–Crippen LogP) is 3.15. The third kappa shape index (κ3) is 3.37. The first kappa shape index (κ1) is 15.7. The lowest BCUT2D eigenvalue weighted by atomic mass is 10.1. The Balaban J connectivity index is 1.47. The summed E-state index contributed by atoms with van der Waals surface area (Å²) in [4.78, 5) is 14.7. The lowest BCUT2D eigenvalue weighted by Crippen LogP contribution is -2.36. The summed E-state index contributed by atoms with van der Waals surface area (Å²) in [5.41, 5.74) is 2.63. The van der Waals surface area contributed by atoms with Crippen molar-refractivity contribution in [1.82, 2.24) is 0 Å². The molecular formula is C20H19NO4. The van der Waals surface area contributed by atoms with Crippen LogP contribution in [0, 0.1) is 0 Å². The summed E-state index contributed by atoms with van der Waals surface area (Å²) in [6.07, 6.45) is 3.34. The van der Waals surface area contributed by atoms with Crippen molar-refractivity contribution >= 4 is 17.5 Å². The van der Waals surface area contributed by atoms with Gasteiger partial charge >= 0.3 is 0 Å². The number of rotatable bonds is 4. The average molecular weight is 337 g/mol. The Morgan fingerprint density at radius 3 is 2.60 bits per heavy atom. The van der Waals surface area contributed by atoms with Gasteiger partial charge in [-0.2, -0.15) is 0 Å². The molecule has 2 aromatic carbocycles. The standard InChI is InChI=1S/C20H19NO4/c22-18(9-6-16-2-1-3-19-20(16)25-14-24-19)15-4-7-17(8-5-15)21-10-12-23-13-11-21/h1-9H,10-14H2/b9-6+. The van der Waals surface area contributed by atoms with Gasteiger partial charge in [0.2, 0.25) is 6.79 Å². The Morgan fingerprint density at radius 1 is 1.00 bits per heavy atom. The van der Waals surface area contributed by atoms with Gasteiger partial charge in [0, 0.05) is 29.9 Å². The molecule has 0 bridgehead atoms. The highest BCUT2D eigenvalue weighted by atomic mass is 16.7. The Morgan fingerprint density at radius 2 is 1.80 bits per heavy atom. The Bertz CT molecular complexity index is 792. The van der Waals surface area contributed by atoms with Crippen molar-refractivity contribution in [3.05, 3.63) is 59.7 Å². The second kappa shape index (κ2) is 6.99. The summed E-state index contributed by atoms with van der Waals surface area (Å²) in [7, 11) is 0. The largest absolute Gasteiger partial charge is 0.454 e. The first-order valence-electron chi connectivity index (χ1n) is 8.35. The van der Waals surface area contributed by atoms with Gasteiger partial charge in [-0.05, 0) is 42.5 Å². The lowest BCUT2D eigenvalue weighted by Gasteiger charge is -2.28. The fraction of sp³-hybridized carbons (Fsp3) is 0.250. The molecule has 2 aliphatic heterocycles. The number of hydrogen-bond acceptors (Lipinski definition) is 5. The molecule has 0 atom stereocenters. The van der Waals surface area contributed by atoms with Crippen molar-refractivity contribution in [3.63, 3.8) is 0 Å². The molecule has 5 nitrogen and oxygen atoms in total. The summed E-state index contributed by atoms with van der Waals surface area (Å²) >= 11 is 0. The molecule has 0 unspecified atom stereocenters. The average Bonchev–Trinajstić information content (AvgIpc) is 3.16. The van der Waals surface area contributed by atoms with E-state index in [1.165, 1.54) is 0 Å². The Labute approximate surface area is 146 Å². The van der Waals surface area contributed by atoms with Crippen molar-refractivity contribution in [1.29, 1.82) is 0 Å². The number of carbonyl (C=O) groups excluding carboxylic acids is 1. The van der Waals surface area contributed by atoms with Gasteiger partial charge in [0.25, 0.3) is 0 Å². The number of benzene rings is 2. The third-order valence-electron chi connectivity index (χ3n) is 4.37. The van der Waals surface area contributed by atoms with E-state index in [1.54, 1.807) is 12.2 Å². The van der Waals surface area contributed by atoms with Crippen molar-refractivity contribution in [2.75, 3.05) is 38.0 Å². The number of fused-ring (bicyclic) bond motifs is 1. The van der Waals surface area contributed by atoms with E-state index < -0.39 is 0 Å². The molecule has 5 heteroatoms. The highest BCUT2D eigenvalue weighted by Crippen LogP contribution is 2.36. The van der Waals surface area contributed by atoms with E-state index in [0.717, 1.165) is 37.6 Å². The smallest absolute Gasteiger partial charge is 0.231 e. The zero-order valence-corrected chi connectivity index (χ0v) is 13.8. The number of anilines is 1. The van der Waals surface area contributed by atoms with Crippen LogP contribution in [0.5, 0.6) is 11.5 Å². The van der Waals surface area contributed by atoms with E-state index in [-0.39, 0.29) is 12.6 Å². The maximum absolute atomic E-state index is 12.4. The van der Waals surface area contributed by atoms with E-state index in [0.29, 0.717) is 17.1 Å². The SMILES string of the molecule is O=C(/C=C/c1cccc2c1OCO2)c1ccc(N2CCOCC2)cc1. The summed E-state index contributed by atoms with van der Waals surface area (Å²) in [5.74, 6) is 1.36. The van der Waals surface area contributed by atoms with Crippen LogP contribution in [0.15, 0.2) is 48.5 Å². The van der Waals surface area contributed by atoms with Gasteiger partial charge in [0.1, 0.15) is 0 Å². The van der Waals surface area contributed by atoms with Crippen LogP contribution >= 0.6 is 0 Å². The number of carbonyl (C=O) groups is 1. The summed E-state index contributed by atoms with van der Waals surface area (Å²) < 4.78 is 16.2. The number of ketones is 1. The van der Waals surface area contributed by atoms with Crippen molar-refractivity contribution < 1.29 is 19.0 Å². The maximum atomic E-state index is 12.4. The molecule has 1 fully saturated rings. The van der Waals surface area contributed by atoms with Crippen molar-refractivity contribution in [2.45, 2.75) is 0 Å². The van der Waals surface area contributed by atoms with E-state index in [2.05, 4.69) is 4.90 Å². The molecular weight excluding hydrogens is 318 g/mol. The molecule has 0 amide bonds. The summed E-state index contributed by atoms with van der Waals surface area (Å²) in [6.45, 7) is 3.48. The molecule has 2 aliphatic rings. The second-order valence-electron chi connectivity index (χ2n) is 5.92. The fourth-order valence-corrected chi connectivity index (χ4v) is 3.00. The van der Waals surface area contributed by atoms with Gasteiger partial charge in [0.15, 0.2) is 17.3 Å². The van der Waals surface area contributed by atoms with Crippen LogP contribution in [0.2, 0.25) is 0 Å². The molecule has 0 radical (unpaired) electrons. The number of hydrogen-bond donors (Lipinski definition) is 0. The molecule has 0 N–H and O–H groups in total. The van der Waals surface area contributed by atoms with Gasteiger partial charge in [0.05, 0.1) is 13.2 Å². The summed E-state index contributed by atoms with van der Waals surface area (Å²) in [5, 5.41) is 0. The highest BCUT2D eigenvalue weighted by molar-refractivity contribution is 6.07. The van der Waals surface area contributed by atoms with Gasteiger partial charge in [-0.3, -0.25) is 4.79 Å². The van der Waals surface area contributed by atoms with Gasteiger partial charge < -0.3 is 19.1 Å². The minimum Gasteiger partial charge on any atom is -0.454 e. The Kier molecular flexibility index (Phi) is 4.39. The van der Waals surface area contributed by atoms with E-state index in [1.807, 2.05) is 42.5 Å². The molecule has 4 rings (SSSR count). The molecule has 0 aliphatic carbocycles. The van der Waals surface area contributed by atoms with Crippen LogP contribution in [0.4, 0.5) is 5.69 Å². The quantitative estimate of drug-likeness (QED) is 0.634. The van der Waals surface area contributed by atoms with E-state index in [9.17, 15) is 4.79 Å². The van der Waals surface area contributed by atoms with Crippen LogP contribution in [0.1, 0.15) is 15.9 Å². The first-order valence-corrected chi connectivity index (χ1v) is 8.35. The number of morpholine rings is 1. The van der Waals surface area contributed by atoms with Gasteiger partial charge in [-0.15, -0.1) is 0 Å². The number of allylic oxidation sites excluding steroid dienone is 1. The second-order valence-corrected chi connectivity index (χ2v) is 5.92. The van der Waals surface area contributed by atoms with Crippen molar-refractivity contribution in [2.24, 2.45) is 0 Å². The monoisotopic (exact) mass is 337 g/mol. The number of ether oxygens (including phenoxy) is 3. The van der Waals surface area contributed by atoms with Crippen molar-refractivity contribution in [3.8, 4) is 11.5 Å². The maximum Gasteiger partial charge on any atom is 0.231 e. The topological polar surface area (TPSA) is 48.0 Å². The molecule has 0 spiro atoms. The molecule has 128 valence electrons. The van der Waals surface area contributed by atoms with Gasteiger partial charge in [-0.1, -0.05) is 12.1 Å². The van der Waals surface area contributed by atoms with Gasteiger partial charge in [-0.25, -0.2) is 0 Å². The van der Waals surface area contributed by atoms with E-state index in [4.69, 9.17) is 14.2 Å². The molecule has 0 aromatic heterocycles. The molecule has 2 heterocycles. The molecule has 0 saturated carbocycles. The normalized spacial score (nSPS) is 16.4. The van der Waals surface area contributed by atoms with Crippen LogP contribution in [-0.2, 0) is 4.74 Å². The highest BCUT2D eigenvalue weighted by Gasteiger charge is 2.16. The van der Waals surface area contributed by atoms with Crippen LogP contribution < -0.4 is 14.4 Å². The molecule has 2 aromatic rings.